The molecule has 0 spiro atoms. The molecule has 0 rings (SSSR count). The predicted molar refractivity (Wildman–Crippen MR) is 352 cm³/mol. The van der Waals surface area contributed by atoms with Crippen LogP contribution in [0.25, 0.3) is 0 Å². The number of quaternary nitrogens is 1. The number of unbranched alkanes of at least 4 members (excludes halogenated alkanes) is 44. The highest BCUT2D eigenvalue weighted by molar-refractivity contribution is 5.70. The summed E-state index contributed by atoms with van der Waals surface area (Å²) in [5.41, 5.74) is 0. The summed E-state index contributed by atoms with van der Waals surface area (Å²) in [4.78, 5) is 37.5. The minimum atomic E-state index is -1.62. The van der Waals surface area contributed by atoms with Gasteiger partial charge in [0.25, 0.3) is 0 Å². The van der Waals surface area contributed by atoms with Crippen molar-refractivity contribution in [3.8, 4) is 0 Å². The molecule has 0 saturated carbocycles. The van der Waals surface area contributed by atoms with Gasteiger partial charge in [0, 0.05) is 12.8 Å². The van der Waals surface area contributed by atoms with E-state index < -0.39 is 24.3 Å². The van der Waals surface area contributed by atoms with E-state index in [9.17, 15) is 19.5 Å². The molecule has 0 N–H and O–H groups in total. The van der Waals surface area contributed by atoms with Crippen molar-refractivity contribution in [3.05, 3.63) is 48.6 Å². The number of nitrogens with zero attached hydrogens (tertiary/aromatic N) is 1. The Bertz CT molecular complexity index is 1500. The van der Waals surface area contributed by atoms with Gasteiger partial charge in [-0.2, -0.15) is 0 Å². The fourth-order valence-corrected chi connectivity index (χ4v) is 10.7. The van der Waals surface area contributed by atoms with Crippen LogP contribution in [0.3, 0.4) is 0 Å². The molecule has 486 valence electrons. The van der Waals surface area contributed by atoms with Gasteiger partial charge in [-0.15, -0.1) is 0 Å². The third-order valence-electron chi connectivity index (χ3n) is 16.1. The first kappa shape index (κ1) is 80.2. The van der Waals surface area contributed by atoms with Gasteiger partial charge in [-0.05, 0) is 51.4 Å². The molecule has 0 aliphatic rings. The molecule has 0 aromatic rings. The van der Waals surface area contributed by atoms with Gasteiger partial charge in [0.15, 0.2) is 12.4 Å². The monoisotopic (exact) mass is 1170 g/mol. The highest BCUT2D eigenvalue weighted by Gasteiger charge is 2.22. The number of esters is 2. The molecule has 0 radical (unpaired) electrons. The second-order valence-electron chi connectivity index (χ2n) is 25.5. The SMILES string of the molecule is CC/C=C\C/C=C\C/C=C\C/C=C\CCCCCCCCCCCCCCC(=O)OC(COC(=O)CCCCCCCCCCCCCCCCCCCCCCCCCCCCCCCCCCC)COC(OCC[N+](C)(C)C)C(=O)[O-]. The molecule has 0 bridgehead atoms. The summed E-state index contributed by atoms with van der Waals surface area (Å²) in [5, 5.41) is 11.8. The van der Waals surface area contributed by atoms with E-state index in [4.69, 9.17) is 18.9 Å². The summed E-state index contributed by atoms with van der Waals surface area (Å²) in [6.07, 6.45) is 80.7. The predicted octanol–water partition coefficient (Wildman–Crippen LogP) is 20.8. The van der Waals surface area contributed by atoms with Crippen LogP contribution in [-0.4, -0.2) is 82.3 Å². The molecule has 0 saturated heterocycles. The number of ether oxygens (including phenoxy) is 4. The average molecular weight is 1170 g/mol. The Labute approximate surface area is 514 Å². The molecule has 0 aliphatic heterocycles. The largest absolute Gasteiger partial charge is 0.545 e. The van der Waals surface area contributed by atoms with Gasteiger partial charge in [-0.1, -0.05) is 332 Å². The molecule has 0 fully saturated rings. The van der Waals surface area contributed by atoms with Gasteiger partial charge in [-0.25, -0.2) is 0 Å². The first-order valence-corrected chi connectivity index (χ1v) is 35.8. The zero-order valence-electron chi connectivity index (χ0n) is 55.6. The van der Waals surface area contributed by atoms with Crippen molar-refractivity contribution >= 4 is 17.9 Å². The number of allylic oxidation sites excluding steroid dienone is 8. The molecular formula is C74H137NO8. The summed E-state index contributed by atoms with van der Waals surface area (Å²) >= 11 is 0. The zero-order chi connectivity index (χ0) is 60.5. The van der Waals surface area contributed by atoms with E-state index in [0.717, 1.165) is 64.2 Å². The molecule has 0 aromatic heterocycles. The number of rotatable bonds is 67. The van der Waals surface area contributed by atoms with Crippen LogP contribution < -0.4 is 5.11 Å². The second-order valence-corrected chi connectivity index (χ2v) is 25.5. The Hall–Kier alpha value is -2.75. The Balaban J connectivity index is 4.03. The Morgan fingerprint density at radius 1 is 0.373 bits per heavy atom. The summed E-state index contributed by atoms with van der Waals surface area (Å²) < 4.78 is 22.8. The van der Waals surface area contributed by atoms with E-state index in [1.54, 1.807) is 0 Å². The van der Waals surface area contributed by atoms with E-state index in [0.29, 0.717) is 23.9 Å². The van der Waals surface area contributed by atoms with E-state index in [-0.39, 0.29) is 32.2 Å². The topological polar surface area (TPSA) is 111 Å². The Kier molecular flexibility index (Phi) is 63.1. The van der Waals surface area contributed by atoms with Crippen LogP contribution in [0.1, 0.15) is 348 Å². The number of carboxylic acid groups (broad SMARTS) is 1. The van der Waals surface area contributed by atoms with Crippen LogP contribution in [0.15, 0.2) is 48.6 Å². The molecule has 2 atom stereocenters. The minimum absolute atomic E-state index is 0.148. The molecule has 9 nitrogen and oxygen atoms in total. The average Bonchev–Trinajstić information content (AvgIpc) is 3.46. The Morgan fingerprint density at radius 3 is 1.02 bits per heavy atom. The van der Waals surface area contributed by atoms with Crippen molar-refractivity contribution in [1.29, 1.82) is 0 Å². The van der Waals surface area contributed by atoms with Crippen molar-refractivity contribution in [1.82, 2.24) is 0 Å². The number of carbonyl (C=O) groups is 3. The fourth-order valence-electron chi connectivity index (χ4n) is 10.7. The lowest BCUT2D eigenvalue weighted by atomic mass is 10.0. The number of carboxylic acids is 1. The van der Waals surface area contributed by atoms with E-state index in [2.05, 4.69) is 62.5 Å². The van der Waals surface area contributed by atoms with Crippen molar-refractivity contribution < 1.29 is 42.9 Å². The standard InChI is InChI=1S/C74H137NO8/c1-6-8-10-12-14-16-18-20-22-24-26-28-30-32-33-34-35-36-37-38-39-41-42-44-46-48-50-52-54-56-58-60-62-64-71(76)81-68-70(69-82-74(73(78)79)80-67-66-75(3,4)5)83-72(77)65-63-61-59-57-55-53-51-49-47-45-43-40-31-29-27-25-23-21-19-17-15-13-11-9-7-2/h9,11,15,17,21,23,27,29,70,74H,6-8,10,12-14,16,18-20,22,24-26,28,30-69H2,1-5H3/b11-9-,17-15-,23-21-,29-27-. The lowest BCUT2D eigenvalue weighted by Gasteiger charge is -2.26. The molecule has 0 aromatic carbocycles. The molecule has 0 amide bonds. The smallest absolute Gasteiger partial charge is 0.306 e. The summed E-state index contributed by atoms with van der Waals surface area (Å²) in [5.74, 6) is -2.26. The van der Waals surface area contributed by atoms with Crippen LogP contribution in [-0.2, 0) is 33.3 Å². The maximum absolute atomic E-state index is 12.9. The van der Waals surface area contributed by atoms with Crippen LogP contribution in [0.4, 0.5) is 0 Å². The third kappa shape index (κ3) is 66.6. The molecule has 0 aliphatic carbocycles. The molecule has 83 heavy (non-hydrogen) atoms. The van der Waals surface area contributed by atoms with Crippen LogP contribution in [0.5, 0.6) is 0 Å². The van der Waals surface area contributed by atoms with E-state index in [1.165, 1.54) is 250 Å². The highest BCUT2D eigenvalue weighted by Crippen LogP contribution is 2.19. The van der Waals surface area contributed by atoms with Gasteiger partial charge in [0.05, 0.1) is 40.3 Å². The first-order chi connectivity index (χ1) is 40.6. The van der Waals surface area contributed by atoms with Crippen LogP contribution >= 0.6 is 0 Å². The van der Waals surface area contributed by atoms with Gasteiger partial charge in [0.2, 0.25) is 0 Å². The number of hydrogen-bond donors (Lipinski definition) is 0. The van der Waals surface area contributed by atoms with Crippen molar-refractivity contribution in [3.63, 3.8) is 0 Å². The maximum Gasteiger partial charge on any atom is 0.306 e. The Morgan fingerprint density at radius 2 is 0.687 bits per heavy atom. The fraction of sp³-hybridized carbons (Fsp3) is 0.851. The number of likely N-dealkylation sites (N-methyl/N-ethyl adjacent to an activating group) is 1. The molecule has 9 heteroatoms. The number of aliphatic carboxylic acids is 1. The van der Waals surface area contributed by atoms with Crippen molar-refractivity contribution in [2.45, 2.75) is 360 Å². The van der Waals surface area contributed by atoms with Gasteiger partial charge >= 0.3 is 11.9 Å². The normalized spacial score (nSPS) is 12.9. The highest BCUT2D eigenvalue weighted by atomic mass is 16.7. The van der Waals surface area contributed by atoms with E-state index in [1.807, 2.05) is 21.1 Å². The molecule has 2 unspecified atom stereocenters. The zero-order valence-corrected chi connectivity index (χ0v) is 55.6. The molecular weight excluding hydrogens is 1030 g/mol. The summed E-state index contributed by atoms with van der Waals surface area (Å²) in [6, 6.07) is 0. The summed E-state index contributed by atoms with van der Waals surface area (Å²) in [7, 11) is 5.94. The lowest BCUT2D eigenvalue weighted by molar-refractivity contribution is -0.870. The van der Waals surface area contributed by atoms with Gasteiger partial charge in [0.1, 0.15) is 13.2 Å². The maximum atomic E-state index is 12.9. The number of hydrogen-bond acceptors (Lipinski definition) is 8. The van der Waals surface area contributed by atoms with Gasteiger partial charge < -0.3 is 33.3 Å². The lowest BCUT2D eigenvalue weighted by Crippen LogP contribution is -2.44. The second kappa shape index (κ2) is 65.2. The number of carbonyl (C=O) groups excluding carboxylic acids is 3. The van der Waals surface area contributed by atoms with Crippen molar-refractivity contribution in [2.24, 2.45) is 0 Å². The third-order valence-corrected chi connectivity index (χ3v) is 16.1. The van der Waals surface area contributed by atoms with E-state index >= 15 is 0 Å². The summed E-state index contributed by atoms with van der Waals surface area (Å²) in [6.45, 7) is 4.69. The first-order valence-electron chi connectivity index (χ1n) is 35.8. The van der Waals surface area contributed by atoms with Gasteiger partial charge in [-0.3, -0.25) is 9.59 Å². The van der Waals surface area contributed by atoms with Crippen LogP contribution in [0, 0.1) is 0 Å². The minimum Gasteiger partial charge on any atom is -0.545 e. The molecule has 0 heterocycles. The quantitative estimate of drug-likeness (QED) is 0.0195. The van der Waals surface area contributed by atoms with Crippen LogP contribution in [0.2, 0.25) is 0 Å². The van der Waals surface area contributed by atoms with Crippen molar-refractivity contribution in [2.75, 3.05) is 47.5 Å².